The first-order chi connectivity index (χ1) is 9.13. The fraction of sp³-hybridized carbons (Fsp3) is 0.429. The minimum Gasteiger partial charge on any atom is -0.354 e. The zero-order chi connectivity index (χ0) is 13.4. The fourth-order valence-electron chi connectivity index (χ4n) is 2.62. The molecule has 1 saturated heterocycles. The summed E-state index contributed by atoms with van der Waals surface area (Å²) in [5.41, 5.74) is 0.913. The first kappa shape index (κ1) is 13.0. The van der Waals surface area contributed by atoms with Gasteiger partial charge in [0.2, 0.25) is 5.28 Å². The zero-order valence-corrected chi connectivity index (χ0v) is 12.6. The maximum Gasteiger partial charge on any atom is 0.224 e. The normalized spacial score (nSPS) is 23.8. The molecule has 0 saturated carbocycles. The summed E-state index contributed by atoms with van der Waals surface area (Å²) in [6.45, 7) is 6.54. The smallest absolute Gasteiger partial charge is 0.224 e. The molecular formula is C14H16ClN3S. The predicted molar refractivity (Wildman–Crippen MR) is 83.3 cm³/mol. The monoisotopic (exact) mass is 293 g/mol. The number of rotatable bonds is 1. The summed E-state index contributed by atoms with van der Waals surface area (Å²) < 4.78 is 0. The van der Waals surface area contributed by atoms with Crippen molar-refractivity contribution in [3.8, 4) is 0 Å². The predicted octanol–water partition coefficient (Wildman–Crippen LogP) is 3.61. The van der Waals surface area contributed by atoms with Gasteiger partial charge in [0.25, 0.3) is 0 Å². The van der Waals surface area contributed by atoms with Crippen LogP contribution in [-0.2, 0) is 0 Å². The maximum absolute atomic E-state index is 6.06. The van der Waals surface area contributed by atoms with Gasteiger partial charge in [-0.1, -0.05) is 26.0 Å². The standard InChI is InChI=1S/C14H16ClN3S/c1-9-7-18(8-10(2)19-9)13-11-5-3-4-6-12(11)16-14(15)17-13/h3-6,9-10H,7-8H2,1-2H3. The molecule has 2 aromatic rings. The lowest BCUT2D eigenvalue weighted by Gasteiger charge is -2.35. The van der Waals surface area contributed by atoms with Crippen LogP contribution in [0.1, 0.15) is 13.8 Å². The number of benzene rings is 1. The van der Waals surface area contributed by atoms with Crippen molar-refractivity contribution in [3.05, 3.63) is 29.5 Å². The molecule has 2 heterocycles. The molecule has 0 spiro atoms. The van der Waals surface area contributed by atoms with E-state index in [4.69, 9.17) is 11.6 Å². The van der Waals surface area contributed by atoms with Gasteiger partial charge in [0.05, 0.1) is 5.52 Å². The van der Waals surface area contributed by atoms with Crippen LogP contribution in [0.3, 0.4) is 0 Å². The first-order valence-corrected chi connectivity index (χ1v) is 7.78. The lowest BCUT2D eigenvalue weighted by Crippen LogP contribution is -2.41. The van der Waals surface area contributed by atoms with E-state index in [-0.39, 0.29) is 0 Å². The summed E-state index contributed by atoms with van der Waals surface area (Å²) in [4.78, 5) is 11.1. The third-order valence-corrected chi connectivity index (χ3v) is 4.67. The Labute approximate surface area is 122 Å². The highest BCUT2D eigenvalue weighted by Crippen LogP contribution is 2.31. The second-order valence-electron chi connectivity index (χ2n) is 5.00. The van der Waals surface area contributed by atoms with Crippen molar-refractivity contribution < 1.29 is 0 Å². The van der Waals surface area contributed by atoms with Crippen LogP contribution in [-0.4, -0.2) is 33.6 Å². The number of halogens is 1. The minimum atomic E-state index is 0.326. The molecule has 0 aliphatic carbocycles. The quantitative estimate of drug-likeness (QED) is 0.751. The van der Waals surface area contributed by atoms with E-state index in [1.165, 1.54) is 0 Å². The van der Waals surface area contributed by atoms with Crippen LogP contribution in [0.5, 0.6) is 0 Å². The van der Waals surface area contributed by atoms with Gasteiger partial charge in [-0.25, -0.2) is 4.98 Å². The number of nitrogens with zero attached hydrogens (tertiary/aromatic N) is 3. The number of aromatic nitrogens is 2. The molecule has 1 aromatic heterocycles. The Balaban J connectivity index is 2.08. The molecule has 3 nitrogen and oxygen atoms in total. The van der Waals surface area contributed by atoms with Gasteiger partial charge in [0, 0.05) is 29.0 Å². The van der Waals surface area contributed by atoms with Crippen molar-refractivity contribution in [1.29, 1.82) is 0 Å². The van der Waals surface area contributed by atoms with Gasteiger partial charge in [0.15, 0.2) is 0 Å². The molecule has 1 fully saturated rings. The van der Waals surface area contributed by atoms with E-state index < -0.39 is 0 Å². The Morgan fingerprint density at radius 2 is 1.84 bits per heavy atom. The molecule has 2 atom stereocenters. The van der Waals surface area contributed by atoms with Gasteiger partial charge < -0.3 is 4.90 Å². The SMILES string of the molecule is CC1CN(c2nc(Cl)nc3ccccc23)CC(C)S1. The summed E-state index contributed by atoms with van der Waals surface area (Å²) >= 11 is 8.09. The van der Waals surface area contributed by atoms with E-state index in [1.54, 1.807) is 0 Å². The van der Waals surface area contributed by atoms with Crippen molar-refractivity contribution in [2.24, 2.45) is 0 Å². The van der Waals surface area contributed by atoms with E-state index in [0.717, 1.165) is 29.8 Å². The number of thioether (sulfide) groups is 1. The molecule has 0 radical (unpaired) electrons. The third-order valence-electron chi connectivity index (χ3n) is 3.27. The van der Waals surface area contributed by atoms with Gasteiger partial charge in [0.1, 0.15) is 5.82 Å². The Morgan fingerprint density at radius 1 is 1.16 bits per heavy atom. The van der Waals surface area contributed by atoms with Crippen LogP contribution < -0.4 is 4.90 Å². The molecule has 0 N–H and O–H groups in total. The fourth-order valence-corrected chi connectivity index (χ4v) is 4.12. The summed E-state index contributed by atoms with van der Waals surface area (Å²) in [7, 11) is 0. The summed E-state index contributed by atoms with van der Waals surface area (Å²) in [6, 6.07) is 8.05. The Kier molecular flexibility index (Phi) is 3.54. The third kappa shape index (κ3) is 2.65. The van der Waals surface area contributed by atoms with Gasteiger partial charge in [-0.2, -0.15) is 16.7 Å². The van der Waals surface area contributed by atoms with E-state index in [9.17, 15) is 0 Å². The molecular weight excluding hydrogens is 278 g/mol. The molecule has 0 bridgehead atoms. The zero-order valence-electron chi connectivity index (χ0n) is 11.0. The molecule has 0 amide bonds. The van der Waals surface area contributed by atoms with Crippen LogP contribution in [0.4, 0.5) is 5.82 Å². The number of fused-ring (bicyclic) bond motifs is 1. The first-order valence-electron chi connectivity index (χ1n) is 6.46. The van der Waals surface area contributed by atoms with Crippen molar-refractivity contribution >= 4 is 40.1 Å². The van der Waals surface area contributed by atoms with E-state index >= 15 is 0 Å². The van der Waals surface area contributed by atoms with Crippen LogP contribution >= 0.6 is 23.4 Å². The Morgan fingerprint density at radius 3 is 2.58 bits per heavy atom. The largest absolute Gasteiger partial charge is 0.354 e. The van der Waals surface area contributed by atoms with Crippen molar-refractivity contribution in [2.45, 2.75) is 24.3 Å². The van der Waals surface area contributed by atoms with Gasteiger partial charge in [-0.15, -0.1) is 0 Å². The Hall–Kier alpha value is -1.00. The van der Waals surface area contributed by atoms with Crippen LogP contribution in [0.2, 0.25) is 5.28 Å². The van der Waals surface area contributed by atoms with Gasteiger partial charge in [-0.05, 0) is 23.7 Å². The lowest BCUT2D eigenvalue weighted by atomic mass is 10.2. The number of para-hydroxylation sites is 1. The van der Waals surface area contributed by atoms with E-state index in [1.807, 2.05) is 30.0 Å². The molecule has 100 valence electrons. The average molecular weight is 294 g/mol. The van der Waals surface area contributed by atoms with Crippen LogP contribution in [0.25, 0.3) is 10.9 Å². The van der Waals surface area contributed by atoms with E-state index in [0.29, 0.717) is 15.8 Å². The highest BCUT2D eigenvalue weighted by molar-refractivity contribution is 8.00. The molecule has 19 heavy (non-hydrogen) atoms. The second kappa shape index (κ2) is 5.17. The van der Waals surface area contributed by atoms with Crippen molar-refractivity contribution in [2.75, 3.05) is 18.0 Å². The molecule has 3 rings (SSSR count). The lowest BCUT2D eigenvalue weighted by molar-refractivity contribution is 0.720. The highest BCUT2D eigenvalue weighted by Gasteiger charge is 2.24. The molecule has 2 unspecified atom stereocenters. The van der Waals surface area contributed by atoms with Crippen LogP contribution in [0.15, 0.2) is 24.3 Å². The maximum atomic E-state index is 6.06. The van der Waals surface area contributed by atoms with Gasteiger partial charge >= 0.3 is 0 Å². The summed E-state index contributed by atoms with van der Waals surface area (Å²) in [6.07, 6.45) is 0. The summed E-state index contributed by atoms with van der Waals surface area (Å²) in [5.74, 6) is 0.967. The van der Waals surface area contributed by atoms with Crippen molar-refractivity contribution in [3.63, 3.8) is 0 Å². The minimum absolute atomic E-state index is 0.326. The van der Waals surface area contributed by atoms with Crippen molar-refractivity contribution in [1.82, 2.24) is 9.97 Å². The number of hydrogen-bond acceptors (Lipinski definition) is 4. The number of hydrogen-bond donors (Lipinski definition) is 0. The number of anilines is 1. The van der Waals surface area contributed by atoms with E-state index in [2.05, 4.69) is 34.8 Å². The van der Waals surface area contributed by atoms with Gasteiger partial charge in [-0.3, -0.25) is 0 Å². The topological polar surface area (TPSA) is 29.0 Å². The molecule has 1 aliphatic rings. The summed E-state index contributed by atoms with van der Waals surface area (Å²) in [5, 5.41) is 2.62. The second-order valence-corrected chi connectivity index (χ2v) is 7.22. The average Bonchev–Trinajstić information content (AvgIpc) is 2.36. The molecule has 1 aliphatic heterocycles. The molecule has 5 heteroatoms. The Bertz CT molecular complexity index is 594. The van der Waals surface area contributed by atoms with Crippen LogP contribution in [0, 0.1) is 0 Å². The molecule has 1 aromatic carbocycles. The highest BCUT2D eigenvalue weighted by atomic mass is 35.5.